The summed E-state index contributed by atoms with van der Waals surface area (Å²) in [5.74, 6) is -79.5. The monoisotopic (exact) mass is 1280 g/mol. The number of alkyl halides is 5. The van der Waals surface area contributed by atoms with Crippen LogP contribution in [0.1, 0.15) is 126 Å². The van der Waals surface area contributed by atoms with E-state index in [2.05, 4.69) is 13.8 Å². The maximum Gasteiger partial charge on any atom is 0.458 e. The standard InChI is InChI=1S/C36H8BF20.C20H27F8P/c38-9-1-5-13(25(46)21(9)42)29(50)33(54)17(5)37(18-6-2-10(39)22(43)26(47)14(6)30(51)34(18)55,19-7-3-11(40)23(44)27(48)15(7)31(52)35(19)56)20-8-4-12(41)24(45)28(49)16(8)32(53)36(20)57;1-5-7-13(6-2)9-8-12(3)11-29(4)15-10-14(21)17(22)16(18(15)23)19(24,25)20(26,27)28/h1-4,17-20H;10,12-13H,5-9,11H2,1-4H3/q-1;/p+1. The first-order valence-electron chi connectivity index (χ1n) is 25.5. The topological polar surface area (TPSA) is 0 Å². The van der Waals surface area contributed by atoms with Crippen molar-refractivity contribution in [3.8, 4) is 0 Å². The summed E-state index contributed by atoms with van der Waals surface area (Å²) in [4.78, 5) is 0. The zero-order valence-electron chi connectivity index (χ0n) is 43.8. The number of hydrogen-bond donors (Lipinski definition) is 0. The van der Waals surface area contributed by atoms with Gasteiger partial charge in [0.1, 0.15) is 34.2 Å². The average Bonchev–Trinajstić information content (AvgIpc) is 1.47. The van der Waals surface area contributed by atoms with Gasteiger partial charge in [0.25, 0.3) is 0 Å². The lowest BCUT2D eigenvalue weighted by Gasteiger charge is -2.57. The van der Waals surface area contributed by atoms with E-state index in [4.69, 9.17) is 0 Å². The van der Waals surface area contributed by atoms with Gasteiger partial charge in [-0.25, -0.2) is 101 Å². The van der Waals surface area contributed by atoms with Crippen molar-refractivity contribution in [1.29, 1.82) is 0 Å². The molecular weight excluding hydrogens is 1250 g/mol. The van der Waals surface area contributed by atoms with E-state index in [-0.39, 0.29) is 30.2 Å². The van der Waals surface area contributed by atoms with E-state index in [1.54, 1.807) is 0 Å². The average molecular weight is 1280 g/mol. The van der Waals surface area contributed by atoms with Crippen LogP contribution in [-0.2, 0) is 5.92 Å². The van der Waals surface area contributed by atoms with Crippen LogP contribution in [0.15, 0.2) is 53.6 Å². The fraction of sp³-hybridized carbons (Fsp3) is 0.321. The van der Waals surface area contributed by atoms with E-state index in [1.807, 2.05) is 6.92 Å². The Kier molecular flexibility index (Phi) is 17.7. The zero-order valence-corrected chi connectivity index (χ0v) is 44.8. The van der Waals surface area contributed by atoms with Crippen molar-refractivity contribution in [3.05, 3.63) is 191 Å². The number of hydrogen-bond acceptors (Lipinski definition) is 0. The summed E-state index contributed by atoms with van der Waals surface area (Å²) in [6, 6.07) is -1.08. The van der Waals surface area contributed by atoms with Gasteiger partial charge in [-0.1, -0.05) is 92.0 Å². The van der Waals surface area contributed by atoms with Crippen molar-refractivity contribution < 1.29 is 123 Å². The van der Waals surface area contributed by atoms with Crippen LogP contribution in [0.5, 0.6) is 0 Å². The lowest BCUT2D eigenvalue weighted by Crippen LogP contribution is -2.58. The molecule has 0 aliphatic heterocycles. The highest BCUT2D eigenvalue weighted by molar-refractivity contribution is 7.64. The van der Waals surface area contributed by atoms with Crippen LogP contribution in [-0.4, -0.2) is 25.1 Å². The second-order valence-electron chi connectivity index (χ2n) is 21.2. The predicted octanol–water partition coefficient (Wildman–Crippen LogP) is 20.4. The fourth-order valence-electron chi connectivity index (χ4n) is 12.9. The van der Waals surface area contributed by atoms with Gasteiger partial charge in [-0.2, -0.15) is 22.0 Å². The number of rotatable bonds is 14. The number of halogens is 28. The molecule has 0 spiro atoms. The Morgan fingerprint density at radius 3 is 0.988 bits per heavy atom. The summed E-state index contributed by atoms with van der Waals surface area (Å²) in [5, 5.41) is -0.569. The second-order valence-corrected chi connectivity index (χ2v) is 23.7. The highest BCUT2D eigenvalue weighted by atomic mass is 31.1. The highest BCUT2D eigenvalue weighted by Crippen LogP contribution is 2.71. The summed E-state index contributed by atoms with van der Waals surface area (Å²) in [5.41, 5.74) is -18.0. The Labute approximate surface area is 468 Å². The van der Waals surface area contributed by atoms with E-state index in [9.17, 15) is 52.7 Å². The van der Waals surface area contributed by atoms with Crippen molar-refractivity contribution in [2.75, 3.05) is 12.8 Å². The third kappa shape index (κ3) is 9.89. The SMILES string of the molecule is CCCC(CC)CCC(C)C[PH+](C)c1cc(F)c(F)c(C(F)(F)C(F)(F)F)c1F.FC1=C(F)C([B-](C2C(F)=C(F)c3c2cc(F)c(F)c3F)(C2C(F)=C(F)c3c2cc(F)c(F)c3F)C2C(F)=C(F)c3c2cc(F)c(F)c3F)c2cc(F)c(F)c(F)c21. The Morgan fingerprint density at radius 2 is 0.709 bits per heavy atom. The molecule has 0 saturated heterocycles. The zero-order chi connectivity index (χ0) is 64.4. The molecule has 86 heavy (non-hydrogen) atoms. The lowest BCUT2D eigenvalue weighted by atomic mass is 9.02. The second kappa shape index (κ2) is 23.3. The van der Waals surface area contributed by atoms with Crippen LogP contribution in [0.4, 0.5) is 123 Å². The van der Waals surface area contributed by atoms with Crippen LogP contribution >= 0.6 is 7.92 Å². The Balaban J connectivity index is 0.000000281. The largest absolute Gasteiger partial charge is 0.458 e. The highest BCUT2D eigenvalue weighted by Gasteiger charge is 2.66. The summed E-state index contributed by atoms with van der Waals surface area (Å²) in [7, 11) is -2.01. The normalized spacial score (nSPS) is 20.1. The van der Waals surface area contributed by atoms with Gasteiger partial charge in [0.15, 0.2) is 111 Å². The van der Waals surface area contributed by atoms with E-state index in [1.165, 1.54) is 6.66 Å². The molecule has 464 valence electrons. The molecule has 0 bridgehead atoms. The molecule has 7 atom stereocenters. The minimum atomic E-state index is -6.23. The van der Waals surface area contributed by atoms with Gasteiger partial charge in [0.05, 0.1) is 41.2 Å². The van der Waals surface area contributed by atoms with E-state index in [0.29, 0.717) is 18.1 Å². The summed E-state index contributed by atoms with van der Waals surface area (Å²) in [6.07, 6.45) is -6.83. The van der Waals surface area contributed by atoms with Gasteiger partial charge in [-0.3, -0.25) is 0 Å². The molecule has 5 aromatic rings. The maximum atomic E-state index is 16.9. The van der Waals surface area contributed by atoms with Gasteiger partial charge in [-0.15, -0.1) is 0 Å². The van der Waals surface area contributed by atoms with Gasteiger partial charge >= 0.3 is 12.1 Å². The molecule has 4 aliphatic carbocycles. The van der Waals surface area contributed by atoms with Crippen molar-refractivity contribution in [3.63, 3.8) is 0 Å². The van der Waals surface area contributed by atoms with Crippen molar-refractivity contribution in [1.82, 2.24) is 0 Å². The van der Waals surface area contributed by atoms with Crippen LogP contribution in [0.3, 0.4) is 0 Å². The molecule has 9 rings (SSSR count). The number of allylic oxidation sites excluding steroid dienone is 4. The fourth-order valence-corrected chi connectivity index (χ4v) is 15.2. The molecule has 30 heteroatoms. The number of fused-ring (bicyclic) bond motifs is 4. The van der Waals surface area contributed by atoms with Gasteiger partial charge in [0.2, 0.25) is 0 Å². The predicted molar refractivity (Wildman–Crippen MR) is 261 cm³/mol. The smallest absolute Gasteiger partial charge is 0.212 e. The lowest BCUT2D eigenvalue weighted by molar-refractivity contribution is -0.291. The summed E-state index contributed by atoms with van der Waals surface area (Å²) in [6.45, 7) is 7.56. The molecule has 0 N–H and O–H groups in total. The maximum absolute atomic E-state index is 16.9. The van der Waals surface area contributed by atoms with Crippen LogP contribution in [0.2, 0.25) is 0 Å². The molecule has 7 unspecified atom stereocenters. The first-order chi connectivity index (χ1) is 39.9. The van der Waals surface area contributed by atoms with Crippen molar-refractivity contribution in [2.45, 2.75) is 88.2 Å². The Bertz CT molecular complexity index is 3410. The van der Waals surface area contributed by atoms with Crippen LogP contribution in [0.25, 0.3) is 23.3 Å². The summed E-state index contributed by atoms with van der Waals surface area (Å²) >= 11 is 0. The van der Waals surface area contributed by atoms with E-state index in [0.717, 1.165) is 32.1 Å². The molecule has 0 aromatic heterocycles. The van der Waals surface area contributed by atoms with E-state index >= 15 is 70.2 Å². The quantitative estimate of drug-likeness (QED) is 0.0342. The molecule has 0 amide bonds. The molecule has 5 aromatic carbocycles. The van der Waals surface area contributed by atoms with Gasteiger partial charge < -0.3 is 0 Å². The third-order valence-electron chi connectivity index (χ3n) is 16.5. The molecule has 0 nitrogen and oxygen atoms in total. The van der Waals surface area contributed by atoms with Gasteiger partial charge in [0, 0.05) is 14.0 Å². The van der Waals surface area contributed by atoms with Crippen LogP contribution in [0, 0.1) is 99.1 Å². The first kappa shape index (κ1) is 65.6. The van der Waals surface area contributed by atoms with E-state index < -0.39 is 239 Å². The third-order valence-corrected chi connectivity index (χ3v) is 19.1. The first-order valence-corrected chi connectivity index (χ1v) is 27.7. The molecule has 4 aliphatic rings. The van der Waals surface area contributed by atoms with Gasteiger partial charge in [-0.05, 0) is 42.5 Å². The number of benzene rings is 5. The Morgan fingerprint density at radius 1 is 0.407 bits per heavy atom. The van der Waals surface area contributed by atoms with Crippen LogP contribution < -0.4 is 5.30 Å². The molecule has 0 fully saturated rings. The molecule has 0 heterocycles. The molecule has 0 radical (unpaired) electrons. The minimum Gasteiger partial charge on any atom is -0.212 e. The minimum absolute atomic E-state index is 0.0545. The Hall–Kier alpha value is -6.41. The molecular formula is C56H36BF28P. The summed E-state index contributed by atoms with van der Waals surface area (Å²) < 4.78 is 419. The van der Waals surface area contributed by atoms with Crippen molar-refractivity contribution in [2.24, 2.45) is 11.8 Å². The molecule has 0 saturated carbocycles. The van der Waals surface area contributed by atoms with Crippen molar-refractivity contribution >= 4 is 42.7 Å².